The topological polar surface area (TPSA) is 70.1 Å². The smallest absolute Gasteiger partial charge is 0.409 e. The molecule has 2 aliphatic rings. The molecular weight excluding hydrogens is 368 g/mol. The number of ether oxygens (including phenoxy) is 1. The van der Waals surface area contributed by atoms with Crippen molar-refractivity contribution in [1.29, 1.82) is 0 Å². The average Bonchev–Trinajstić information content (AvgIpc) is 3.05. The molecule has 1 fully saturated rings. The van der Waals surface area contributed by atoms with Gasteiger partial charge in [0.2, 0.25) is 0 Å². The monoisotopic (exact) mass is 394 g/mol. The zero-order valence-electron chi connectivity index (χ0n) is 16.6. The lowest BCUT2D eigenvalue weighted by Gasteiger charge is -2.35. The van der Waals surface area contributed by atoms with Crippen molar-refractivity contribution in [3.63, 3.8) is 0 Å². The fraction of sp³-hybridized carbons (Fsp3) is 0.391. The van der Waals surface area contributed by atoms with Crippen molar-refractivity contribution in [2.75, 3.05) is 33.3 Å². The third-order valence-corrected chi connectivity index (χ3v) is 6.07. The predicted octanol–water partition coefficient (Wildman–Crippen LogP) is 3.42. The summed E-state index contributed by atoms with van der Waals surface area (Å²) in [6, 6.07) is 16.8. The average molecular weight is 394 g/mol. The molecule has 1 aliphatic carbocycles. The van der Waals surface area contributed by atoms with Crippen LogP contribution in [0.25, 0.3) is 11.1 Å². The molecule has 1 N–H and O–H groups in total. The SMILES string of the molecule is CN(CC(=O)O)C1CCN(C(=O)OCC2c3ccccc3-c3ccccc32)CC1. The van der Waals surface area contributed by atoms with Crippen molar-refractivity contribution in [2.24, 2.45) is 0 Å². The molecule has 1 amide bonds. The number of likely N-dealkylation sites (N-methyl/N-ethyl adjacent to an activating group) is 1. The van der Waals surface area contributed by atoms with Gasteiger partial charge in [0, 0.05) is 25.0 Å². The molecule has 29 heavy (non-hydrogen) atoms. The number of fused-ring (bicyclic) bond motifs is 3. The molecule has 4 rings (SSSR count). The number of nitrogens with zero attached hydrogens (tertiary/aromatic N) is 2. The van der Waals surface area contributed by atoms with Crippen LogP contribution in [-0.2, 0) is 9.53 Å². The van der Waals surface area contributed by atoms with Gasteiger partial charge in [-0.25, -0.2) is 4.79 Å². The van der Waals surface area contributed by atoms with Crippen molar-refractivity contribution in [2.45, 2.75) is 24.8 Å². The van der Waals surface area contributed by atoms with Crippen LogP contribution in [0.4, 0.5) is 4.79 Å². The lowest BCUT2D eigenvalue weighted by atomic mass is 9.98. The van der Waals surface area contributed by atoms with E-state index in [9.17, 15) is 9.59 Å². The number of aliphatic carboxylic acids is 1. The van der Waals surface area contributed by atoms with Gasteiger partial charge in [-0.15, -0.1) is 0 Å². The lowest BCUT2D eigenvalue weighted by Crippen LogP contribution is -2.47. The van der Waals surface area contributed by atoms with Gasteiger partial charge in [-0.2, -0.15) is 0 Å². The number of hydrogen-bond donors (Lipinski definition) is 1. The van der Waals surface area contributed by atoms with Gasteiger partial charge >= 0.3 is 12.1 Å². The highest BCUT2D eigenvalue weighted by molar-refractivity contribution is 5.79. The fourth-order valence-corrected chi connectivity index (χ4v) is 4.52. The Hall–Kier alpha value is -2.86. The van der Waals surface area contributed by atoms with Crippen LogP contribution in [0.15, 0.2) is 48.5 Å². The number of hydrogen-bond acceptors (Lipinski definition) is 4. The zero-order valence-corrected chi connectivity index (χ0v) is 16.6. The number of carbonyl (C=O) groups excluding carboxylic acids is 1. The van der Waals surface area contributed by atoms with Gasteiger partial charge in [0.1, 0.15) is 6.61 Å². The molecule has 0 atom stereocenters. The summed E-state index contributed by atoms with van der Waals surface area (Å²) in [5.74, 6) is -0.767. The number of carbonyl (C=O) groups is 2. The number of amides is 1. The molecule has 1 heterocycles. The van der Waals surface area contributed by atoms with Crippen molar-refractivity contribution in [3.05, 3.63) is 59.7 Å². The second-order valence-corrected chi connectivity index (χ2v) is 7.83. The molecule has 6 nitrogen and oxygen atoms in total. The number of carboxylic acid groups (broad SMARTS) is 1. The van der Waals surface area contributed by atoms with Gasteiger partial charge < -0.3 is 14.7 Å². The van der Waals surface area contributed by atoms with E-state index in [-0.39, 0.29) is 24.6 Å². The van der Waals surface area contributed by atoms with E-state index in [0.717, 1.165) is 12.8 Å². The Morgan fingerprint density at radius 1 is 1.03 bits per heavy atom. The van der Waals surface area contributed by atoms with Gasteiger partial charge in [0.25, 0.3) is 0 Å². The molecule has 0 unspecified atom stereocenters. The standard InChI is InChI=1S/C23H26N2O4/c1-24(14-22(26)27)16-10-12-25(13-11-16)23(28)29-15-21-19-8-4-2-6-17(19)18-7-3-5-9-20(18)21/h2-9,16,21H,10-15H2,1H3,(H,26,27). The third-order valence-electron chi connectivity index (χ3n) is 6.07. The summed E-state index contributed by atoms with van der Waals surface area (Å²) in [5, 5.41) is 8.94. The molecule has 0 saturated carbocycles. The largest absolute Gasteiger partial charge is 0.480 e. The molecule has 6 heteroatoms. The number of rotatable bonds is 5. The second-order valence-electron chi connectivity index (χ2n) is 7.83. The molecule has 152 valence electrons. The highest BCUT2D eigenvalue weighted by atomic mass is 16.6. The quantitative estimate of drug-likeness (QED) is 0.842. The summed E-state index contributed by atoms with van der Waals surface area (Å²) in [6.07, 6.45) is 1.23. The van der Waals surface area contributed by atoms with E-state index in [2.05, 4.69) is 24.3 Å². The van der Waals surface area contributed by atoms with Crippen LogP contribution < -0.4 is 0 Å². The molecule has 0 spiro atoms. The Kier molecular flexibility index (Phi) is 5.53. The second kappa shape index (κ2) is 8.25. The Bertz CT molecular complexity index is 860. The molecule has 0 radical (unpaired) electrons. The summed E-state index contributed by atoms with van der Waals surface area (Å²) < 4.78 is 5.72. The maximum Gasteiger partial charge on any atom is 0.409 e. The Morgan fingerprint density at radius 3 is 2.14 bits per heavy atom. The molecule has 2 aromatic carbocycles. The van der Waals surface area contributed by atoms with Crippen LogP contribution in [-0.4, -0.2) is 66.3 Å². The Morgan fingerprint density at radius 2 is 1.59 bits per heavy atom. The van der Waals surface area contributed by atoms with Gasteiger partial charge in [-0.1, -0.05) is 48.5 Å². The van der Waals surface area contributed by atoms with Crippen molar-refractivity contribution < 1.29 is 19.4 Å². The Balaban J connectivity index is 1.36. The number of benzene rings is 2. The zero-order chi connectivity index (χ0) is 20.4. The minimum atomic E-state index is -0.827. The highest BCUT2D eigenvalue weighted by Gasteiger charge is 2.31. The molecule has 1 aliphatic heterocycles. The minimum absolute atomic E-state index is 0.0234. The minimum Gasteiger partial charge on any atom is -0.480 e. The summed E-state index contributed by atoms with van der Waals surface area (Å²) >= 11 is 0. The summed E-state index contributed by atoms with van der Waals surface area (Å²) in [4.78, 5) is 27.1. The van der Waals surface area contributed by atoms with Crippen LogP contribution >= 0.6 is 0 Å². The first-order valence-corrected chi connectivity index (χ1v) is 10.1. The van der Waals surface area contributed by atoms with E-state index in [1.165, 1.54) is 22.3 Å². The molecule has 0 aromatic heterocycles. The Labute approximate surface area is 170 Å². The molecule has 1 saturated heterocycles. The first-order valence-electron chi connectivity index (χ1n) is 10.1. The van der Waals surface area contributed by atoms with Gasteiger partial charge in [-0.3, -0.25) is 9.69 Å². The van der Waals surface area contributed by atoms with E-state index in [0.29, 0.717) is 19.7 Å². The molecule has 0 bridgehead atoms. The lowest BCUT2D eigenvalue weighted by molar-refractivity contribution is -0.138. The number of piperidine rings is 1. The van der Waals surface area contributed by atoms with Crippen molar-refractivity contribution >= 4 is 12.1 Å². The van der Waals surface area contributed by atoms with E-state index in [4.69, 9.17) is 9.84 Å². The van der Waals surface area contributed by atoms with E-state index >= 15 is 0 Å². The maximum atomic E-state index is 12.6. The predicted molar refractivity (Wildman–Crippen MR) is 110 cm³/mol. The van der Waals surface area contributed by atoms with E-state index in [1.54, 1.807) is 4.90 Å². The van der Waals surface area contributed by atoms with Gasteiger partial charge in [0.15, 0.2) is 0 Å². The third kappa shape index (κ3) is 3.98. The van der Waals surface area contributed by atoms with Crippen LogP contribution in [0.3, 0.4) is 0 Å². The molecular formula is C23H26N2O4. The van der Waals surface area contributed by atoms with Crippen LogP contribution in [0.5, 0.6) is 0 Å². The van der Waals surface area contributed by atoms with E-state index in [1.807, 2.05) is 36.2 Å². The first kappa shape index (κ1) is 19.5. The maximum absolute atomic E-state index is 12.6. The van der Waals surface area contributed by atoms with Crippen LogP contribution in [0.2, 0.25) is 0 Å². The van der Waals surface area contributed by atoms with Gasteiger partial charge in [0.05, 0.1) is 6.54 Å². The van der Waals surface area contributed by atoms with Gasteiger partial charge in [-0.05, 0) is 42.1 Å². The van der Waals surface area contributed by atoms with E-state index < -0.39 is 5.97 Å². The molecule has 2 aromatic rings. The van der Waals surface area contributed by atoms with Crippen LogP contribution in [0, 0.1) is 0 Å². The number of likely N-dealkylation sites (tertiary alicyclic amines) is 1. The normalized spacial score (nSPS) is 16.6. The summed E-state index contributed by atoms with van der Waals surface area (Å²) in [5.41, 5.74) is 4.84. The van der Waals surface area contributed by atoms with Crippen LogP contribution in [0.1, 0.15) is 29.9 Å². The summed E-state index contributed by atoms with van der Waals surface area (Å²) in [6.45, 7) is 1.53. The number of carboxylic acids is 1. The van der Waals surface area contributed by atoms with Crippen molar-refractivity contribution in [1.82, 2.24) is 9.80 Å². The van der Waals surface area contributed by atoms with Crippen molar-refractivity contribution in [3.8, 4) is 11.1 Å². The highest BCUT2D eigenvalue weighted by Crippen LogP contribution is 2.44. The summed E-state index contributed by atoms with van der Waals surface area (Å²) in [7, 11) is 1.82. The first-order chi connectivity index (χ1) is 14.0. The fourth-order valence-electron chi connectivity index (χ4n) is 4.52.